The quantitative estimate of drug-likeness (QED) is 0.794. The van der Waals surface area contributed by atoms with E-state index in [9.17, 15) is 4.79 Å². The molecule has 0 aliphatic rings. The summed E-state index contributed by atoms with van der Waals surface area (Å²) in [5.41, 5.74) is 1.89. The normalized spacial score (nSPS) is 11.4. The molecule has 0 fully saturated rings. The molecule has 2 aromatic carbocycles. The Morgan fingerprint density at radius 3 is 2.41 bits per heavy atom. The van der Waals surface area contributed by atoms with E-state index >= 15 is 0 Å². The van der Waals surface area contributed by atoms with Gasteiger partial charge in [-0.1, -0.05) is 42.5 Å². The number of nitrogens with one attached hydrogen (secondary N) is 1. The van der Waals surface area contributed by atoms with E-state index in [2.05, 4.69) is 24.4 Å². The molecule has 4 heteroatoms. The maximum atomic E-state index is 12.2. The number of ketones is 1. The molecule has 0 saturated heterocycles. The van der Waals surface area contributed by atoms with Gasteiger partial charge in [0.2, 0.25) is 0 Å². The monoisotopic (exact) mass is 319 g/mol. The first-order valence-electron chi connectivity index (χ1n) is 7.14. The van der Waals surface area contributed by atoms with Crippen molar-refractivity contribution in [3.63, 3.8) is 0 Å². The molecule has 0 amide bonds. The largest absolute Gasteiger partial charge is 0.496 e. The van der Waals surface area contributed by atoms with Crippen LogP contribution in [0, 0.1) is 0 Å². The standard InChI is InChI=1S/C18H21NO2.ClH/c1-14(12-15-8-4-3-5-9-15)19-13-17(20)16-10-6-7-11-18(16)21-2;/h3-11,14,19H,12-13H2,1-2H3;1H. The van der Waals surface area contributed by atoms with E-state index in [1.165, 1.54) is 5.56 Å². The Morgan fingerprint density at radius 2 is 1.73 bits per heavy atom. The van der Waals surface area contributed by atoms with Crippen molar-refractivity contribution in [2.45, 2.75) is 19.4 Å². The zero-order valence-corrected chi connectivity index (χ0v) is 13.7. The highest BCUT2D eigenvalue weighted by Gasteiger charge is 2.12. The lowest BCUT2D eigenvalue weighted by Gasteiger charge is -2.14. The molecule has 0 aliphatic carbocycles. The molecule has 0 aliphatic heterocycles. The molecule has 0 spiro atoms. The fourth-order valence-corrected chi connectivity index (χ4v) is 2.28. The Hall–Kier alpha value is -1.84. The lowest BCUT2D eigenvalue weighted by molar-refractivity contribution is 0.0985. The zero-order chi connectivity index (χ0) is 15.1. The smallest absolute Gasteiger partial charge is 0.180 e. The summed E-state index contributed by atoms with van der Waals surface area (Å²) in [6.45, 7) is 2.40. The van der Waals surface area contributed by atoms with Crippen LogP contribution in [0.5, 0.6) is 5.75 Å². The minimum atomic E-state index is 0. The number of hydrogen-bond acceptors (Lipinski definition) is 3. The number of halogens is 1. The minimum Gasteiger partial charge on any atom is -0.496 e. The molecule has 1 atom stereocenters. The van der Waals surface area contributed by atoms with E-state index in [4.69, 9.17) is 4.74 Å². The summed E-state index contributed by atoms with van der Waals surface area (Å²) >= 11 is 0. The fourth-order valence-electron chi connectivity index (χ4n) is 2.28. The number of rotatable bonds is 7. The van der Waals surface area contributed by atoms with E-state index in [0.29, 0.717) is 17.9 Å². The Labute approximate surface area is 138 Å². The molecule has 3 nitrogen and oxygen atoms in total. The highest BCUT2D eigenvalue weighted by atomic mass is 35.5. The first-order valence-corrected chi connectivity index (χ1v) is 7.14. The predicted molar refractivity (Wildman–Crippen MR) is 92.2 cm³/mol. The molecule has 22 heavy (non-hydrogen) atoms. The van der Waals surface area contributed by atoms with Gasteiger partial charge in [-0.2, -0.15) is 0 Å². The van der Waals surface area contributed by atoms with Crippen molar-refractivity contribution in [3.05, 3.63) is 65.7 Å². The second-order valence-electron chi connectivity index (χ2n) is 5.10. The first kappa shape index (κ1) is 18.2. The van der Waals surface area contributed by atoms with Gasteiger partial charge in [-0.25, -0.2) is 0 Å². The number of methoxy groups -OCH3 is 1. The van der Waals surface area contributed by atoms with E-state index < -0.39 is 0 Å². The Bertz CT molecular complexity index is 587. The topological polar surface area (TPSA) is 38.3 Å². The molecule has 1 N–H and O–H groups in total. The zero-order valence-electron chi connectivity index (χ0n) is 12.9. The van der Waals surface area contributed by atoms with Crippen molar-refractivity contribution in [2.75, 3.05) is 13.7 Å². The van der Waals surface area contributed by atoms with Crippen LogP contribution in [-0.4, -0.2) is 25.5 Å². The SMILES string of the molecule is COc1ccccc1C(=O)CNC(C)Cc1ccccc1.Cl. The van der Waals surface area contributed by atoms with Crippen molar-refractivity contribution in [3.8, 4) is 5.75 Å². The average molecular weight is 320 g/mol. The second kappa shape index (κ2) is 9.23. The lowest BCUT2D eigenvalue weighted by Crippen LogP contribution is -2.33. The van der Waals surface area contributed by atoms with Crippen LogP contribution in [0.1, 0.15) is 22.8 Å². The van der Waals surface area contributed by atoms with Crippen LogP contribution in [0.25, 0.3) is 0 Å². The summed E-state index contributed by atoms with van der Waals surface area (Å²) in [5, 5.41) is 3.28. The van der Waals surface area contributed by atoms with Gasteiger partial charge in [0.05, 0.1) is 19.2 Å². The third kappa shape index (κ3) is 5.17. The molecule has 0 bridgehead atoms. The summed E-state index contributed by atoms with van der Waals surface area (Å²) in [5.74, 6) is 0.673. The van der Waals surface area contributed by atoms with Crippen LogP contribution in [0.2, 0.25) is 0 Å². The van der Waals surface area contributed by atoms with Gasteiger partial charge in [0.1, 0.15) is 5.75 Å². The molecule has 2 rings (SSSR count). The molecule has 2 aromatic rings. The highest BCUT2D eigenvalue weighted by molar-refractivity contribution is 6.00. The van der Waals surface area contributed by atoms with Gasteiger partial charge in [0.25, 0.3) is 0 Å². The Balaban J connectivity index is 0.00000242. The number of para-hydroxylation sites is 1. The van der Waals surface area contributed by atoms with Crippen LogP contribution in [-0.2, 0) is 6.42 Å². The van der Waals surface area contributed by atoms with E-state index in [1.807, 2.05) is 30.3 Å². The van der Waals surface area contributed by atoms with Gasteiger partial charge in [0, 0.05) is 6.04 Å². The minimum absolute atomic E-state index is 0. The molecule has 1 unspecified atom stereocenters. The molecule has 118 valence electrons. The van der Waals surface area contributed by atoms with Crippen LogP contribution in [0.3, 0.4) is 0 Å². The molecule has 0 saturated carbocycles. The van der Waals surface area contributed by atoms with Gasteiger partial charge in [-0.15, -0.1) is 12.4 Å². The number of hydrogen-bond donors (Lipinski definition) is 1. The molecule has 0 radical (unpaired) electrons. The van der Waals surface area contributed by atoms with Crippen LogP contribution < -0.4 is 10.1 Å². The predicted octanol–water partition coefficient (Wildman–Crippen LogP) is 3.52. The van der Waals surface area contributed by atoms with Crippen molar-refractivity contribution >= 4 is 18.2 Å². The van der Waals surface area contributed by atoms with E-state index in [0.717, 1.165) is 6.42 Å². The number of ether oxygens (including phenoxy) is 1. The molecular weight excluding hydrogens is 298 g/mol. The molecule has 0 aromatic heterocycles. The van der Waals surface area contributed by atoms with Gasteiger partial charge in [0.15, 0.2) is 5.78 Å². The van der Waals surface area contributed by atoms with Crippen molar-refractivity contribution in [1.29, 1.82) is 0 Å². The van der Waals surface area contributed by atoms with E-state index in [1.54, 1.807) is 19.2 Å². The second-order valence-corrected chi connectivity index (χ2v) is 5.10. The molecule has 0 heterocycles. The van der Waals surface area contributed by atoms with Crippen molar-refractivity contribution in [1.82, 2.24) is 5.32 Å². The third-order valence-electron chi connectivity index (χ3n) is 3.40. The van der Waals surface area contributed by atoms with Gasteiger partial charge >= 0.3 is 0 Å². The van der Waals surface area contributed by atoms with Gasteiger partial charge in [-0.05, 0) is 31.0 Å². The lowest BCUT2D eigenvalue weighted by atomic mass is 10.1. The third-order valence-corrected chi connectivity index (χ3v) is 3.40. The number of Topliss-reactive ketones (excluding diaryl/α,β-unsaturated/α-hetero) is 1. The Morgan fingerprint density at radius 1 is 1.09 bits per heavy atom. The Kier molecular flexibility index (Phi) is 7.64. The van der Waals surface area contributed by atoms with E-state index in [-0.39, 0.29) is 24.2 Å². The summed E-state index contributed by atoms with van der Waals surface area (Å²) in [6, 6.07) is 17.8. The fraction of sp³-hybridized carbons (Fsp3) is 0.278. The maximum Gasteiger partial charge on any atom is 0.180 e. The van der Waals surface area contributed by atoms with Crippen LogP contribution in [0.4, 0.5) is 0 Å². The van der Waals surface area contributed by atoms with Crippen molar-refractivity contribution in [2.24, 2.45) is 0 Å². The van der Waals surface area contributed by atoms with Crippen LogP contribution >= 0.6 is 12.4 Å². The number of benzene rings is 2. The van der Waals surface area contributed by atoms with Gasteiger partial charge in [-0.3, -0.25) is 4.79 Å². The number of carbonyl (C=O) groups excluding carboxylic acids is 1. The van der Waals surface area contributed by atoms with Crippen molar-refractivity contribution < 1.29 is 9.53 Å². The average Bonchev–Trinajstić information content (AvgIpc) is 2.53. The highest BCUT2D eigenvalue weighted by Crippen LogP contribution is 2.17. The van der Waals surface area contributed by atoms with Crippen LogP contribution in [0.15, 0.2) is 54.6 Å². The summed E-state index contributed by atoms with van der Waals surface area (Å²) in [7, 11) is 1.58. The maximum absolute atomic E-state index is 12.2. The van der Waals surface area contributed by atoms with Gasteiger partial charge < -0.3 is 10.1 Å². The summed E-state index contributed by atoms with van der Waals surface area (Å²) < 4.78 is 5.22. The first-order chi connectivity index (χ1) is 10.2. The number of carbonyl (C=O) groups is 1. The molecular formula is C18H22ClNO2. The summed E-state index contributed by atoms with van der Waals surface area (Å²) in [4.78, 5) is 12.2. The summed E-state index contributed by atoms with van der Waals surface area (Å²) in [6.07, 6.45) is 0.903.